The molecular weight excluding hydrogens is 240 g/mol. The molecule has 0 aromatic carbocycles. The van der Waals surface area contributed by atoms with Crippen molar-refractivity contribution in [3.63, 3.8) is 0 Å². The zero-order valence-electron chi connectivity index (χ0n) is 12.2. The van der Waals surface area contributed by atoms with E-state index in [9.17, 15) is 9.59 Å². The Bertz CT molecular complexity index is 337. The molecule has 4 heteroatoms. The largest absolute Gasteiger partial charge is 0.343 e. The SMILES string of the molecule is CCCC1NC(=O)C(C)N(CCC2CCCC2)C1=O. The first kappa shape index (κ1) is 14.4. The van der Waals surface area contributed by atoms with Crippen molar-refractivity contribution in [3.8, 4) is 0 Å². The zero-order valence-corrected chi connectivity index (χ0v) is 12.2. The van der Waals surface area contributed by atoms with Gasteiger partial charge >= 0.3 is 0 Å². The number of piperazine rings is 1. The zero-order chi connectivity index (χ0) is 13.8. The van der Waals surface area contributed by atoms with Gasteiger partial charge in [-0.05, 0) is 25.7 Å². The minimum Gasteiger partial charge on any atom is -0.343 e. The number of carbonyl (C=O) groups excluding carboxylic acids is 2. The monoisotopic (exact) mass is 266 g/mol. The summed E-state index contributed by atoms with van der Waals surface area (Å²) in [7, 11) is 0. The summed E-state index contributed by atoms with van der Waals surface area (Å²) in [4.78, 5) is 26.1. The third-order valence-electron chi connectivity index (χ3n) is 4.57. The van der Waals surface area contributed by atoms with E-state index in [4.69, 9.17) is 0 Å². The number of rotatable bonds is 5. The Morgan fingerprint density at radius 2 is 1.89 bits per heavy atom. The molecule has 108 valence electrons. The van der Waals surface area contributed by atoms with E-state index in [1.54, 1.807) is 4.90 Å². The quantitative estimate of drug-likeness (QED) is 0.828. The Morgan fingerprint density at radius 1 is 1.21 bits per heavy atom. The number of nitrogens with one attached hydrogen (secondary N) is 1. The molecule has 2 fully saturated rings. The molecule has 0 spiro atoms. The second kappa shape index (κ2) is 6.40. The highest BCUT2D eigenvalue weighted by Gasteiger charge is 2.37. The number of amides is 2. The van der Waals surface area contributed by atoms with Crippen molar-refractivity contribution in [2.45, 2.75) is 70.9 Å². The molecule has 2 unspecified atom stereocenters. The molecule has 1 heterocycles. The van der Waals surface area contributed by atoms with Gasteiger partial charge in [-0.2, -0.15) is 0 Å². The van der Waals surface area contributed by atoms with Crippen LogP contribution in [0.5, 0.6) is 0 Å². The first-order chi connectivity index (χ1) is 9.13. The molecule has 0 aromatic rings. The van der Waals surface area contributed by atoms with E-state index in [0.29, 0.717) is 0 Å². The number of carbonyl (C=O) groups is 2. The minimum absolute atomic E-state index is 0.00414. The number of hydrogen-bond acceptors (Lipinski definition) is 2. The van der Waals surface area contributed by atoms with Crippen LogP contribution in [-0.2, 0) is 9.59 Å². The first-order valence-corrected chi connectivity index (χ1v) is 7.74. The Morgan fingerprint density at radius 3 is 2.53 bits per heavy atom. The van der Waals surface area contributed by atoms with Gasteiger partial charge in [0.1, 0.15) is 12.1 Å². The summed E-state index contributed by atoms with van der Waals surface area (Å²) >= 11 is 0. The third kappa shape index (κ3) is 3.28. The van der Waals surface area contributed by atoms with Gasteiger partial charge in [-0.3, -0.25) is 9.59 Å². The van der Waals surface area contributed by atoms with Crippen molar-refractivity contribution in [2.75, 3.05) is 6.54 Å². The Hall–Kier alpha value is -1.06. The summed E-state index contributed by atoms with van der Waals surface area (Å²) in [5.74, 6) is 0.881. The van der Waals surface area contributed by atoms with E-state index >= 15 is 0 Å². The number of hydrogen-bond donors (Lipinski definition) is 1. The normalized spacial score (nSPS) is 28.8. The van der Waals surface area contributed by atoms with Gasteiger partial charge in [0.05, 0.1) is 0 Å². The van der Waals surface area contributed by atoms with Gasteiger partial charge in [0.25, 0.3) is 0 Å². The highest BCUT2D eigenvalue weighted by atomic mass is 16.2. The Labute approximate surface area is 115 Å². The van der Waals surface area contributed by atoms with Crippen molar-refractivity contribution in [1.29, 1.82) is 0 Å². The molecule has 0 bridgehead atoms. The van der Waals surface area contributed by atoms with Crippen LogP contribution in [0, 0.1) is 5.92 Å². The minimum atomic E-state index is -0.304. The van der Waals surface area contributed by atoms with Gasteiger partial charge in [-0.25, -0.2) is 0 Å². The fourth-order valence-corrected chi connectivity index (χ4v) is 3.30. The lowest BCUT2D eigenvalue weighted by Gasteiger charge is -2.37. The van der Waals surface area contributed by atoms with E-state index in [1.165, 1.54) is 25.7 Å². The summed E-state index contributed by atoms with van der Waals surface area (Å²) in [5.41, 5.74) is 0. The van der Waals surface area contributed by atoms with Gasteiger partial charge in [-0.15, -0.1) is 0 Å². The highest BCUT2D eigenvalue weighted by Crippen LogP contribution is 2.28. The van der Waals surface area contributed by atoms with Crippen molar-refractivity contribution in [3.05, 3.63) is 0 Å². The molecule has 0 radical (unpaired) electrons. The van der Waals surface area contributed by atoms with E-state index in [-0.39, 0.29) is 23.9 Å². The molecule has 2 aliphatic rings. The summed E-state index contributed by atoms with van der Waals surface area (Å²) in [5, 5.41) is 2.84. The lowest BCUT2D eigenvalue weighted by molar-refractivity contribution is -0.149. The van der Waals surface area contributed by atoms with Gasteiger partial charge in [0.15, 0.2) is 0 Å². The van der Waals surface area contributed by atoms with E-state index in [1.807, 2.05) is 13.8 Å². The number of nitrogens with zero attached hydrogens (tertiary/aromatic N) is 1. The lowest BCUT2D eigenvalue weighted by atomic mass is 10.0. The average molecular weight is 266 g/mol. The average Bonchev–Trinajstić information content (AvgIpc) is 2.89. The van der Waals surface area contributed by atoms with Crippen LogP contribution in [0.1, 0.15) is 58.8 Å². The first-order valence-electron chi connectivity index (χ1n) is 7.74. The molecule has 1 N–H and O–H groups in total. The Kier molecular flexibility index (Phi) is 4.83. The molecule has 19 heavy (non-hydrogen) atoms. The maximum absolute atomic E-state index is 12.4. The fraction of sp³-hybridized carbons (Fsp3) is 0.867. The molecular formula is C15H26N2O2. The summed E-state index contributed by atoms with van der Waals surface area (Å²) in [6, 6.07) is -0.598. The maximum atomic E-state index is 12.4. The van der Waals surface area contributed by atoms with Crippen LogP contribution in [0.25, 0.3) is 0 Å². The van der Waals surface area contributed by atoms with Crippen molar-refractivity contribution >= 4 is 11.8 Å². The molecule has 0 aromatic heterocycles. The van der Waals surface area contributed by atoms with E-state index < -0.39 is 0 Å². The maximum Gasteiger partial charge on any atom is 0.245 e. The third-order valence-corrected chi connectivity index (χ3v) is 4.57. The van der Waals surface area contributed by atoms with Gasteiger partial charge < -0.3 is 10.2 Å². The molecule has 1 saturated carbocycles. The second-order valence-corrected chi connectivity index (χ2v) is 6.00. The predicted octanol–water partition coefficient (Wildman–Crippen LogP) is 2.08. The molecule has 2 rings (SSSR count). The predicted molar refractivity (Wildman–Crippen MR) is 74.6 cm³/mol. The van der Waals surface area contributed by atoms with Crippen molar-refractivity contribution in [1.82, 2.24) is 10.2 Å². The summed E-state index contributed by atoms with van der Waals surface area (Å²) < 4.78 is 0. The molecule has 2 amide bonds. The second-order valence-electron chi connectivity index (χ2n) is 6.00. The van der Waals surface area contributed by atoms with Gasteiger partial charge in [0.2, 0.25) is 11.8 Å². The van der Waals surface area contributed by atoms with Gasteiger partial charge in [-0.1, -0.05) is 39.0 Å². The van der Waals surface area contributed by atoms with Crippen molar-refractivity contribution < 1.29 is 9.59 Å². The summed E-state index contributed by atoms with van der Waals surface area (Å²) in [6.07, 6.45) is 7.96. The fourth-order valence-electron chi connectivity index (χ4n) is 3.30. The van der Waals surface area contributed by atoms with Crippen LogP contribution in [-0.4, -0.2) is 35.3 Å². The van der Waals surface area contributed by atoms with Crippen LogP contribution in [0.3, 0.4) is 0 Å². The van der Waals surface area contributed by atoms with Crippen LogP contribution < -0.4 is 5.32 Å². The topological polar surface area (TPSA) is 49.4 Å². The van der Waals surface area contributed by atoms with E-state index in [2.05, 4.69) is 5.32 Å². The smallest absolute Gasteiger partial charge is 0.245 e. The molecule has 2 atom stereocenters. The summed E-state index contributed by atoms with van der Waals surface area (Å²) in [6.45, 7) is 4.63. The molecule has 1 aliphatic heterocycles. The van der Waals surface area contributed by atoms with Gasteiger partial charge in [0, 0.05) is 6.54 Å². The van der Waals surface area contributed by atoms with E-state index in [0.717, 1.165) is 31.7 Å². The molecule has 1 aliphatic carbocycles. The van der Waals surface area contributed by atoms with Crippen LogP contribution in [0.2, 0.25) is 0 Å². The highest BCUT2D eigenvalue weighted by molar-refractivity contribution is 5.96. The lowest BCUT2D eigenvalue weighted by Crippen LogP contribution is -2.62. The van der Waals surface area contributed by atoms with Crippen molar-refractivity contribution in [2.24, 2.45) is 5.92 Å². The molecule has 4 nitrogen and oxygen atoms in total. The van der Waals surface area contributed by atoms with Crippen LogP contribution in [0.4, 0.5) is 0 Å². The Balaban J connectivity index is 1.94. The van der Waals surface area contributed by atoms with Crippen LogP contribution >= 0.6 is 0 Å². The molecule has 1 saturated heterocycles. The van der Waals surface area contributed by atoms with Crippen LogP contribution in [0.15, 0.2) is 0 Å². The standard InChI is InChI=1S/C15H26N2O2/c1-3-6-13-15(19)17(11(2)14(18)16-13)10-9-12-7-4-5-8-12/h11-13H,3-10H2,1-2H3,(H,16,18).